The quantitative estimate of drug-likeness (QED) is 0.651. The number of nitrogens with one attached hydrogen (secondary N) is 2. The summed E-state index contributed by atoms with van der Waals surface area (Å²) in [5.74, 6) is -1.36. The minimum atomic E-state index is -3.55. The highest BCUT2D eigenvalue weighted by Crippen LogP contribution is 2.27. The van der Waals surface area contributed by atoms with Gasteiger partial charge in [0.1, 0.15) is 5.82 Å². The van der Waals surface area contributed by atoms with Crippen molar-refractivity contribution in [3.05, 3.63) is 53.8 Å². The number of benzene rings is 2. The Morgan fingerprint density at radius 3 is 2.21 bits per heavy atom. The summed E-state index contributed by atoms with van der Waals surface area (Å²) < 4.78 is 41.0. The third-order valence-electron chi connectivity index (χ3n) is 6.28. The normalized spacial score (nSPS) is 17.6. The van der Waals surface area contributed by atoms with Crippen LogP contribution in [0.1, 0.15) is 55.3 Å². The van der Waals surface area contributed by atoms with Crippen molar-refractivity contribution in [2.75, 3.05) is 23.7 Å². The van der Waals surface area contributed by atoms with E-state index < -0.39 is 21.7 Å². The number of carbonyl (C=O) groups excluding carboxylic acids is 2. The Morgan fingerprint density at radius 2 is 1.55 bits per heavy atom. The minimum absolute atomic E-state index is 0.0235. The average molecular weight is 474 g/mol. The van der Waals surface area contributed by atoms with Crippen LogP contribution in [0.2, 0.25) is 0 Å². The summed E-state index contributed by atoms with van der Waals surface area (Å²) in [6.07, 6.45) is 6.40. The number of sulfonamides is 1. The zero-order chi connectivity index (χ0) is 23.4. The van der Waals surface area contributed by atoms with Gasteiger partial charge in [0, 0.05) is 30.3 Å². The van der Waals surface area contributed by atoms with Crippen molar-refractivity contribution in [3.8, 4) is 0 Å². The van der Waals surface area contributed by atoms with Gasteiger partial charge in [0.05, 0.1) is 10.6 Å². The van der Waals surface area contributed by atoms with E-state index in [-0.39, 0.29) is 28.0 Å². The lowest BCUT2D eigenvalue weighted by molar-refractivity contribution is -0.120. The van der Waals surface area contributed by atoms with E-state index in [2.05, 4.69) is 10.6 Å². The van der Waals surface area contributed by atoms with Crippen molar-refractivity contribution >= 4 is 33.2 Å². The maximum atomic E-state index is 14.3. The Hall–Kier alpha value is -2.78. The van der Waals surface area contributed by atoms with Crippen LogP contribution in [-0.4, -0.2) is 37.6 Å². The zero-order valence-electron chi connectivity index (χ0n) is 18.3. The van der Waals surface area contributed by atoms with Gasteiger partial charge in [-0.15, -0.1) is 0 Å². The second kappa shape index (κ2) is 10.0. The van der Waals surface area contributed by atoms with E-state index in [0.717, 1.165) is 44.9 Å². The molecule has 176 valence electrons. The summed E-state index contributed by atoms with van der Waals surface area (Å²) in [6.45, 7) is 1.02. The smallest absolute Gasteiger partial charge is 0.255 e. The Balaban J connectivity index is 1.42. The van der Waals surface area contributed by atoms with Crippen molar-refractivity contribution in [3.63, 3.8) is 0 Å². The molecule has 33 heavy (non-hydrogen) atoms. The van der Waals surface area contributed by atoms with Crippen LogP contribution in [0.15, 0.2) is 47.4 Å². The van der Waals surface area contributed by atoms with Crippen LogP contribution < -0.4 is 10.6 Å². The van der Waals surface area contributed by atoms with Gasteiger partial charge in [-0.3, -0.25) is 9.59 Å². The topological polar surface area (TPSA) is 95.6 Å². The molecule has 2 fully saturated rings. The summed E-state index contributed by atoms with van der Waals surface area (Å²) in [4.78, 5) is 25.3. The fraction of sp³-hybridized carbons (Fsp3) is 0.417. The van der Waals surface area contributed by atoms with Crippen molar-refractivity contribution in [1.82, 2.24) is 4.31 Å². The molecular formula is C24H28FN3O4S. The highest BCUT2D eigenvalue weighted by molar-refractivity contribution is 7.89. The lowest BCUT2D eigenvalue weighted by Gasteiger charge is -2.21. The lowest BCUT2D eigenvalue weighted by atomic mass is 9.88. The van der Waals surface area contributed by atoms with Gasteiger partial charge in [0.15, 0.2) is 0 Å². The molecule has 1 saturated carbocycles. The molecule has 1 aliphatic heterocycles. The number of hydrogen-bond acceptors (Lipinski definition) is 4. The molecule has 1 aliphatic carbocycles. The second-order valence-corrected chi connectivity index (χ2v) is 10.5. The molecular weight excluding hydrogens is 445 g/mol. The van der Waals surface area contributed by atoms with Crippen LogP contribution in [0.4, 0.5) is 15.8 Å². The van der Waals surface area contributed by atoms with Crippen molar-refractivity contribution in [2.45, 2.75) is 49.8 Å². The molecule has 0 aromatic heterocycles. The molecule has 2 amide bonds. The molecule has 1 heterocycles. The van der Waals surface area contributed by atoms with Crippen LogP contribution in [0.3, 0.4) is 0 Å². The van der Waals surface area contributed by atoms with Gasteiger partial charge in [-0.05, 0) is 68.1 Å². The number of halogens is 1. The number of carbonyl (C=O) groups is 2. The van der Waals surface area contributed by atoms with Gasteiger partial charge >= 0.3 is 0 Å². The fourth-order valence-electron chi connectivity index (χ4n) is 4.36. The Morgan fingerprint density at radius 1 is 0.879 bits per heavy atom. The first-order valence-corrected chi connectivity index (χ1v) is 12.8. The number of anilines is 2. The number of amides is 2. The van der Waals surface area contributed by atoms with Gasteiger partial charge in [-0.2, -0.15) is 4.31 Å². The minimum Gasteiger partial charge on any atom is -0.323 e. The first-order chi connectivity index (χ1) is 15.8. The largest absolute Gasteiger partial charge is 0.323 e. The summed E-state index contributed by atoms with van der Waals surface area (Å²) in [5.41, 5.74) is 0.622. The molecule has 4 rings (SSSR count). The summed E-state index contributed by atoms with van der Waals surface area (Å²) in [5, 5.41) is 5.32. The van der Waals surface area contributed by atoms with Crippen LogP contribution >= 0.6 is 0 Å². The third-order valence-corrected chi connectivity index (χ3v) is 8.19. The van der Waals surface area contributed by atoms with Crippen LogP contribution in [0.5, 0.6) is 0 Å². The molecule has 2 N–H and O–H groups in total. The Labute approximate surface area is 193 Å². The van der Waals surface area contributed by atoms with E-state index in [1.54, 1.807) is 0 Å². The van der Waals surface area contributed by atoms with E-state index in [0.29, 0.717) is 18.8 Å². The maximum Gasteiger partial charge on any atom is 0.255 e. The fourth-order valence-corrected chi connectivity index (χ4v) is 5.87. The average Bonchev–Trinajstić information content (AvgIpc) is 3.38. The molecule has 2 aromatic carbocycles. The molecule has 0 bridgehead atoms. The molecule has 2 aliphatic rings. The number of rotatable bonds is 6. The molecule has 0 radical (unpaired) electrons. The molecule has 7 nitrogen and oxygen atoms in total. The molecule has 1 saturated heterocycles. The highest BCUT2D eigenvalue weighted by atomic mass is 32.2. The number of nitrogens with zero attached hydrogens (tertiary/aromatic N) is 1. The first-order valence-electron chi connectivity index (χ1n) is 11.4. The van der Waals surface area contributed by atoms with Crippen molar-refractivity contribution in [2.24, 2.45) is 5.92 Å². The van der Waals surface area contributed by atoms with E-state index >= 15 is 0 Å². The number of hydrogen-bond donors (Lipinski definition) is 2. The standard InChI is InChI=1S/C24H28FN3O4S/c25-21-13-10-19(16-22(21)27-24(30)17-6-2-1-3-7-17)26-23(29)18-8-11-20(12-9-18)33(31,32)28-14-4-5-15-28/h8-13,16-17H,1-7,14-15H2,(H,26,29)(H,27,30). The van der Waals surface area contributed by atoms with Crippen LogP contribution in [-0.2, 0) is 14.8 Å². The Kier molecular flexibility index (Phi) is 7.09. The van der Waals surface area contributed by atoms with Gasteiger partial charge < -0.3 is 10.6 Å². The molecule has 9 heteroatoms. The highest BCUT2D eigenvalue weighted by Gasteiger charge is 2.27. The Bertz CT molecular complexity index is 1120. The summed E-state index contributed by atoms with van der Waals surface area (Å²) >= 11 is 0. The van der Waals surface area contributed by atoms with E-state index in [1.807, 2.05) is 0 Å². The second-order valence-electron chi connectivity index (χ2n) is 8.61. The van der Waals surface area contributed by atoms with Crippen LogP contribution in [0, 0.1) is 11.7 Å². The lowest BCUT2D eigenvalue weighted by Crippen LogP contribution is -2.27. The van der Waals surface area contributed by atoms with Crippen molar-refractivity contribution < 1.29 is 22.4 Å². The van der Waals surface area contributed by atoms with Crippen LogP contribution in [0.25, 0.3) is 0 Å². The summed E-state index contributed by atoms with van der Waals surface area (Å²) in [7, 11) is -3.55. The molecule has 2 aromatic rings. The van der Waals surface area contributed by atoms with Gasteiger partial charge in [0.25, 0.3) is 5.91 Å². The van der Waals surface area contributed by atoms with E-state index in [1.165, 1.54) is 46.8 Å². The predicted octanol–water partition coefficient (Wildman–Crippen LogP) is 4.38. The molecule has 0 atom stereocenters. The van der Waals surface area contributed by atoms with Gasteiger partial charge in [0.2, 0.25) is 15.9 Å². The summed E-state index contributed by atoms with van der Waals surface area (Å²) in [6, 6.07) is 9.74. The maximum absolute atomic E-state index is 14.3. The van der Waals surface area contributed by atoms with E-state index in [4.69, 9.17) is 0 Å². The molecule has 0 unspecified atom stereocenters. The predicted molar refractivity (Wildman–Crippen MR) is 124 cm³/mol. The van der Waals surface area contributed by atoms with E-state index in [9.17, 15) is 22.4 Å². The molecule has 0 spiro atoms. The van der Waals surface area contributed by atoms with Gasteiger partial charge in [-0.1, -0.05) is 19.3 Å². The SMILES string of the molecule is O=C(Nc1ccc(F)c(NC(=O)C2CCCCC2)c1)c1ccc(S(=O)(=O)N2CCCC2)cc1. The zero-order valence-corrected chi connectivity index (χ0v) is 19.2. The first kappa shape index (κ1) is 23.4. The third kappa shape index (κ3) is 5.42. The monoisotopic (exact) mass is 473 g/mol. The van der Waals surface area contributed by atoms with Crippen molar-refractivity contribution in [1.29, 1.82) is 0 Å². The van der Waals surface area contributed by atoms with Gasteiger partial charge in [-0.25, -0.2) is 12.8 Å².